The van der Waals surface area contributed by atoms with Gasteiger partial charge in [0.15, 0.2) is 11.5 Å². The third-order valence-corrected chi connectivity index (χ3v) is 4.51. The maximum atomic E-state index is 13.4. The van der Waals surface area contributed by atoms with Gasteiger partial charge in [-0.3, -0.25) is 0 Å². The van der Waals surface area contributed by atoms with Crippen LogP contribution in [0, 0.1) is 0 Å². The third-order valence-electron chi connectivity index (χ3n) is 4.18. The van der Waals surface area contributed by atoms with Crippen molar-refractivity contribution < 1.29 is 39.5 Å². The first-order valence-corrected chi connectivity index (χ1v) is 8.11. The summed E-state index contributed by atoms with van der Waals surface area (Å²) in [5.41, 5.74) is -2.58. The van der Waals surface area contributed by atoms with Crippen LogP contribution in [0.4, 0.5) is 51.1 Å². The highest BCUT2D eigenvalue weighted by molar-refractivity contribution is 6.31. The minimum atomic E-state index is -5.36. The van der Waals surface area contributed by atoms with Crippen LogP contribution in [0.1, 0.15) is 18.1 Å². The molecule has 1 aliphatic rings. The molecular weight excluding hydrogens is 457 g/mol. The molecular formula is C15H9ClF9N5. The lowest BCUT2D eigenvalue weighted by Crippen LogP contribution is -2.52. The van der Waals surface area contributed by atoms with E-state index in [1.54, 1.807) is 5.32 Å². The Hall–Kier alpha value is -2.64. The lowest BCUT2D eigenvalue weighted by Gasteiger charge is -2.33. The lowest BCUT2D eigenvalue weighted by atomic mass is 10.0. The fourth-order valence-electron chi connectivity index (χ4n) is 2.69. The van der Waals surface area contributed by atoms with Crippen molar-refractivity contribution in [2.75, 3.05) is 11.1 Å². The second-order valence-corrected chi connectivity index (χ2v) is 6.74. The molecule has 2 aromatic rings. The number of nitrogens with two attached hydrogens (primary N) is 1. The second-order valence-electron chi connectivity index (χ2n) is 6.34. The summed E-state index contributed by atoms with van der Waals surface area (Å²) < 4.78 is 120. The van der Waals surface area contributed by atoms with E-state index >= 15 is 0 Å². The Morgan fingerprint density at radius 3 is 2.13 bits per heavy atom. The first kappa shape index (κ1) is 22.1. The molecule has 1 atom stereocenters. The SMILES string of the molecule is CC1(C(F)(F)F)N=C(C(F)(F)F)c2c(nn(-c3ccc(Cl)c(C(F)(F)F)c3)c2N)N1. The number of alkyl halides is 9. The van der Waals surface area contributed by atoms with E-state index in [-0.39, 0.29) is 0 Å². The zero-order valence-electron chi connectivity index (χ0n) is 14.4. The van der Waals surface area contributed by atoms with Crippen LogP contribution >= 0.6 is 11.6 Å². The Bertz CT molecular complexity index is 1030. The van der Waals surface area contributed by atoms with E-state index in [0.717, 1.165) is 12.1 Å². The van der Waals surface area contributed by atoms with E-state index < -0.39 is 63.4 Å². The molecule has 0 fully saturated rings. The molecule has 164 valence electrons. The number of rotatable bonds is 1. The van der Waals surface area contributed by atoms with Crippen LogP contribution in [0.5, 0.6) is 0 Å². The van der Waals surface area contributed by atoms with E-state index in [2.05, 4.69) is 10.1 Å². The fraction of sp³-hybridized carbons (Fsp3) is 0.333. The van der Waals surface area contributed by atoms with Gasteiger partial charge in [-0.2, -0.15) is 39.5 Å². The lowest BCUT2D eigenvalue weighted by molar-refractivity contribution is -0.172. The van der Waals surface area contributed by atoms with Gasteiger partial charge in [0.05, 0.1) is 21.8 Å². The highest BCUT2D eigenvalue weighted by Gasteiger charge is 2.57. The normalized spacial score (nSPS) is 19.9. The number of aliphatic imine (C=N–C) groups is 1. The van der Waals surface area contributed by atoms with Crippen molar-refractivity contribution in [1.82, 2.24) is 9.78 Å². The summed E-state index contributed by atoms with van der Waals surface area (Å²) in [4.78, 5) is 2.76. The second kappa shape index (κ2) is 6.43. The number of benzene rings is 1. The average molecular weight is 466 g/mol. The van der Waals surface area contributed by atoms with Gasteiger partial charge in [0.2, 0.25) is 5.66 Å². The number of anilines is 2. The van der Waals surface area contributed by atoms with Crippen LogP contribution in [0.15, 0.2) is 23.2 Å². The molecule has 1 aromatic carbocycles. The summed E-state index contributed by atoms with van der Waals surface area (Å²) in [7, 11) is 0. The number of nitrogens with zero attached hydrogens (tertiary/aromatic N) is 3. The molecule has 0 amide bonds. The molecule has 0 bridgehead atoms. The minimum Gasteiger partial charge on any atom is -0.383 e. The third kappa shape index (κ3) is 3.52. The van der Waals surface area contributed by atoms with Gasteiger partial charge in [0.25, 0.3) is 0 Å². The van der Waals surface area contributed by atoms with E-state index in [1.807, 2.05) is 0 Å². The number of aromatic nitrogens is 2. The highest BCUT2D eigenvalue weighted by atomic mass is 35.5. The molecule has 0 saturated carbocycles. The van der Waals surface area contributed by atoms with Gasteiger partial charge in [-0.1, -0.05) is 11.6 Å². The van der Waals surface area contributed by atoms with Gasteiger partial charge in [-0.05, 0) is 25.1 Å². The Balaban J connectivity index is 2.24. The smallest absolute Gasteiger partial charge is 0.383 e. The van der Waals surface area contributed by atoms with Crippen LogP contribution in [0.3, 0.4) is 0 Å². The van der Waals surface area contributed by atoms with Gasteiger partial charge >= 0.3 is 18.5 Å². The van der Waals surface area contributed by atoms with Crippen molar-refractivity contribution in [3.05, 3.63) is 34.3 Å². The van der Waals surface area contributed by atoms with Gasteiger partial charge in [0.1, 0.15) is 5.82 Å². The Labute approximate surface area is 166 Å². The molecule has 0 spiro atoms. The zero-order chi connectivity index (χ0) is 22.9. The molecule has 1 unspecified atom stereocenters. The Morgan fingerprint density at radius 1 is 1.03 bits per heavy atom. The molecule has 0 aliphatic carbocycles. The zero-order valence-corrected chi connectivity index (χ0v) is 15.2. The molecule has 3 N–H and O–H groups in total. The highest BCUT2D eigenvalue weighted by Crippen LogP contribution is 2.44. The van der Waals surface area contributed by atoms with Crippen molar-refractivity contribution in [3.63, 3.8) is 0 Å². The van der Waals surface area contributed by atoms with Gasteiger partial charge in [0, 0.05) is 0 Å². The molecule has 3 rings (SSSR count). The number of halogens is 10. The van der Waals surface area contributed by atoms with E-state index in [4.69, 9.17) is 17.3 Å². The molecule has 0 saturated heterocycles. The first-order valence-electron chi connectivity index (χ1n) is 7.73. The van der Waals surface area contributed by atoms with Crippen molar-refractivity contribution in [2.45, 2.75) is 31.1 Å². The fourth-order valence-corrected chi connectivity index (χ4v) is 2.91. The predicted molar refractivity (Wildman–Crippen MR) is 88.7 cm³/mol. The molecule has 1 aromatic heterocycles. The number of nitrogen functional groups attached to an aromatic ring is 1. The molecule has 30 heavy (non-hydrogen) atoms. The molecule has 5 nitrogen and oxygen atoms in total. The molecule has 15 heteroatoms. The first-order chi connectivity index (χ1) is 13.5. The number of fused-ring (bicyclic) bond motifs is 1. The Kier molecular flexibility index (Phi) is 4.72. The topological polar surface area (TPSA) is 68.2 Å². The number of hydrogen-bond donors (Lipinski definition) is 2. The average Bonchev–Trinajstić information content (AvgIpc) is 2.88. The maximum Gasteiger partial charge on any atom is 0.433 e. The van der Waals surface area contributed by atoms with Crippen LogP contribution < -0.4 is 11.1 Å². The Morgan fingerprint density at radius 2 is 1.63 bits per heavy atom. The van der Waals surface area contributed by atoms with Gasteiger partial charge in [-0.15, -0.1) is 5.10 Å². The monoisotopic (exact) mass is 465 g/mol. The number of hydrogen-bond acceptors (Lipinski definition) is 4. The summed E-state index contributed by atoms with van der Waals surface area (Å²) in [6, 6.07) is 2.20. The van der Waals surface area contributed by atoms with E-state index in [9.17, 15) is 39.5 Å². The van der Waals surface area contributed by atoms with E-state index in [1.165, 1.54) is 0 Å². The summed E-state index contributed by atoms with van der Waals surface area (Å²) in [5, 5.41) is 4.56. The van der Waals surface area contributed by atoms with Crippen molar-refractivity contribution in [3.8, 4) is 5.69 Å². The maximum absolute atomic E-state index is 13.4. The predicted octanol–water partition coefficient (Wildman–Crippen LogP) is 5.18. The molecule has 2 heterocycles. The standard InChI is InChI=1S/C15H9ClF9N5/c1-12(15(23,24)25)27-9(14(20,21)22)8-10(26)30(29-11(8)28-12)5-2-3-7(16)6(4-5)13(17,18)19/h2-4H,26H2,1H3,(H,28,29). The largest absolute Gasteiger partial charge is 0.433 e. The van der Waals surface area contributed by atoms with Crippen LogP contribution in [0.2, 0.25) is 5.02 Å². The summed E-state index contributed by atoms with van der Waals surface area (Å²) in [6.07, 6.45) is -15.5. The van der Waals surface area contributed by atoms with Crippen molar-refractivity contribution in [2.24, 2.45) is 4.99 Å². The van der Waals surface area contributed by atoms with Crippen LogP contribution in [0.25, 0.3) is 5.69 Å². The number of nitrogens with one attached hydrogen (secondary N) is 1. The van der Waals surface area contributed by atoms with E-state index in [0.29, 0.717) is 17.7 Å². The van der Waals surface area contributed by atoms with Crippen LogP contribution in [-0.2, 0) is 6.18 Å². The van der Waals surface area contributed by atoms with Gasteiger partial charge in [-0.25, -0.2) is 9.67 Å². The van der Waals surface area contributed by atoms with Crippen molar-refractivity contribution in [1.29, 1.82) is 0 Å². The minimum absolute atomic E-state index is 0.348. The summed E-state index contributed by atoms with van der Waals surface area (Å²) in [5.74, 6) is -1.81. The molecule has 1 aliphatic heterocycles. The summed E-state index contributed by atoms with van der Waals surface area (Å²) in [6.45, 7) is 0.348. The van der Waals surface area contributed by atoms with Gasteiger partial charge < -0.3 is 11.1 Å². The summed E-state index contributed by atoms with van der Waals surface area (Å²) >= 11 is 5.49. The van der Waals surface area contributed by atoms with Crippen molar-refractivity contribution >= 4 is 28.9 Å². The molecule has 0 radical (unpaired) electrons. The quantitative estimate of drug-likeness (QED) is 0.570. The van der Waals surface area contributed by atoms with Crippen LogP contribution in [-0.4, -0.2) is 33.5 Å².